The zero-order valence-corrected chi connectivity index (χ0v) is 27.9. The van der Waals surface area contributed by atoms with E-state index in [4.69, 9.17) is 9.47 Å². The van der Waals surface area contributed by atoms with E-state index in [0.29, 0.717) is 0 Å². The van der Waals surface area contributed by atoms with Gasteiger partial charge in [-0.05, 0) is 12.8 Å². The van der Waals surface area contributed by atoms with Crippen LogP contribution in [0.2, 0.25) is 0 Å². The Balaban J connectivity index is 0.00000130. The highest BCUT2D eigenvalue weighted by Gasteiger charge is 2.31. The molecule has 4 nitrogen and oxygen atoms in total. The molecule has 0 bridgehead atoms. The first-order valence-electron chi connectivity index (χ1n) is 10.9. The third kappa shape index (κ3) is 20.0. The van der Waals surface area contributed by atoms with Gasteiger partial charge in [0.2, 0.25) is 8.42 Å². The Bertz CT molecular complexity index is 944. The second-order valence-electron chi connectivity index (χ2n) is 6.38. The average Bonchev–Trinajstić information content (AvgIpc) is 3.42. The molecule has 0 radical (unpaired) electrons. The normalized spacial score (nSPS) is 11.2. The van der Waals surface area contributed by atoms with Crippen molar-refractivity contribution < 1.29 is 53.6 Å². The van der Waals surface area contributed by atoms with Crippen LogP contribution in [0, 0.1) is 0 Å². The topological polar surface area (TPSA) is 52.6 Å². The van der Waals surface area contributed by atoms with Crippen LogP contribution in [0.15, 0.2) is 15.5 Å². The Hall–Kier alpha value is 0.00987. The van der Waals surface area contributed by atoms with Gasteiger partial charge in [0.15, 0.2) is 0 Å². The zero-order chi connectivity index (χ0) is 30.9. The Morgan fingerprint density at radius 2 is 0.975 bits per heavy atom. The first-order valence-corrected chi connectivity index (χ1v) is 18.1. The third-order valence-corrected chi connectivity index (χ3v) is 14.1. The molecule has 0 atom stereocenters. The van der Waals surface area contributed by atoms with Crippen LogP contribution in [0.4, 0.5) is 34.5 Å². The lowest BCUT2D eigenvalue weighted by atomic mass is 10.3. The summed E-state index contributed by atoms with van der Waals surface area (Å²) < 4.78 is 92.4. The van der Waals surface area contributed by atoms with E-state index in [1.54, 1.807) is 69.7 Å². The maximum Gasteiger partial charge on any atom is 0.673 e. The van der Waals surface area contributed by atoms with Gasteiger partial charge in [-0.2, -0.15) is 0 Å². The molecule has 40 heavy (non-hydrogen) atoms. The van der Waals surface area contributed by atoms with Crippen LogP contribution >= 0.6 is 92.4 Å². The van der Waals surface area contributed by atoms with Gasteiger partial charge in [0.1, 0.15) is 45.3 Å². The Labute approximate surface area is 260 Å². The number of esters is 2. The van der Waals surface area contributed by atoms with Gasteiger partial charge in [-0.15, -0.1) is 0 Å². The third-order valence-electron chi connectivity index (χ3n) is 3.36. The summed E-state index contributed by atoms with van der Waals surface area (Å²) in [5.74, 6) is 3.42. The quantitative estimate of drug-likeness (QED) is 0.0504. The number of hydrogen-bond donors (Lipinski definition) is 0. The van der Waals surface area contributed by atoms with Gasteiger partial charge in [0, 0.05) is 23.0 Å². The van der Waals surface area contributed by atoms with Crippen LogP contribution in [-0.4, -0.2) is 63.7 Å². The first-order chi connectivity index (χ1) is 18.5. The summed E-state index contributed by atoms with van der Waals surface area (Å²) in [6, 6.07) is 0. The minimum Gasteiger partial charge on any atom is -0.463 e. The van der Waals surface area contributed by atoms with E-state index in [-0.39, 0.29) is 11.9 Å². The fourth-order valence-electron chi connectivity index (χ4n) is 2.05. The van der Waals surface area contributed by atoms with Crippen molar-refractivity contribution in [2.24, 2.45) is 0 Å². The number of ether oxygens (including phenoxy) is 2. The lowest BCUT2D eigenvalue weighted by Gasteiger charge is -1.98. The first kappa shape index (κ1) is 40.0. The van der Waals surface area contributed by atoms with Gasteiger partial charge in [-0.1, -0.05) is 60.9 Å². The minimum atomic E-state index is -6.00. The van der Waals surface area contributed by atoms with Crippen LogP contribution in [0.25, 0.3) is 0 Å². The Kier molecular flexibility index (Phi) is 20.8. The fourth-order valence-corrected chi connectivity index (χ4v) is 13.4. The minimum absolute atomic E-state index is 0.243. The largest absolute Gasteiger partial charge is 0.673 e. The van der Waals surface area contributed by atoms with Gasteiger partial charge in [0.05, 0.1) is 14.2 Å². The van der Waals surface area contributed by atoms with Crippen LogP contribution in [0.5, 0.6) is 0 Å². The van der Waals surface area contributed by atoms with E-state index >= 15 is 0 Å². The predicted octanol–water partition coefficient (Wildman–Crippen LogP) is 10.6. The smallest absolute Gasteiger partial charge is 0.463 e. The van der Waals surface area contributed by atoms with Crippen molar-refractivity contribution in [3.63, 3.8) is 0 Å². The Morgan fingerprint density at radius 3 is 1.23 bits per heavy atom. The molecule has 0 unspecified atom stereocenters. The van der Waals surface area contributed by atoms with Crippen molar-refractivity contribution in [2.45, 2.75) is 42.2 Å². The summed E-state index contributed by atoms with van der Waals surface area (Å²) in [7, 11) is -9.13. The molecule has 0 fully saturated rings. The summed E-state index contributed by atoms with van der Waals surface area (Å²) in [4.78, 5) is 25.5. The van der Waals surface area contributed by atoms with Gasteiger partial charge in [-0.3, -0.25) is 0 Å². The maximum absolute atomic E-state index is 12.0. The predicted molar refractivity (Wildman–Crippen MR) is 160 cm³/mol. The fraction of sp³-hybridized carbons (Fsp3) is 0.556. The SMILES string of the molecule is CCSc1sc(C(=O)OC)c(SCCCCSc2[s+]c(SCC)sc2C(=O)OC)[s+]1.F[B-](F)(F)F.F[B-](F)(F)F. The van der Waals surface area contributed by atoms with Gasteiger partial charge < -0.3 is 44.0 Å². The molecule has 0 aliphatic heterocycles. The summed E-state index contributed by atoms with van der Waals surface area (Å²) in [6.45, 7) is 4.23. The molecule has 230 valence electrons. The lowest BCUT2D eigenvalue weighted by Crippen LogP contribution is -2.02. The van der Waals surface area contributed by atoms with E-state index in [9.17, 15) is 44.1 Å². The molecule has 2 rings (SSSR count). The summed E-state index contributed by atoms with van der Waals surface area (Å²) in [5.41, 5.74) is 0. The molecule has 2 aromatic rings. The van der Waals surface area contributed by atoms with Crippen molar-refractivity contribution in [3.05, 3.63) is 9.75 Å². The number of halogens is 8. The van der Waals surface area contributed by atoms with Crippen LogP contribution in [-0.2, 0) is 9.47 Å². The zero-order valence-electron chi connectivity index (χ0n) is 21.3. The highest BCUT2D eigenvalue weighted by molar-refractivity contribution is 8.05. The van der Waals surface area contributed by atoms with E-state index in [1.165, 1.54) is 43.9 Å². The van der Waals surface area contributed by atoms with Crippen LogP contribution < -0.4 is 0 Å². The number of rotatable bonds is 13. The van der Waals surface area contributed by atoms with E-state index < -0.39 is 14.5 Å². The average molecular weight is 735 g/mol. The molecular formula is C18H24B2F8O4S8. The molecule has 0 aliphatic rings. The molecule has 2 heterocycles. The maximum atomic E-state index is 12.0. The molecule has 0 aliphatic carbocycles. The second-order valence-corrected chi connectivity index (χ2v) is 17.3. The van der Waals surface area contributed by atoms with Crippen LogP contribution in [0.1, 0.15) is 46.0 Å². The van der Waals surface area contributed by atoms with Gasteiger partial charge >= 0.3 is 33.5 Å². The molecular weight excluding hydrogens is 710 g/mol. The molecule has 22 heteroatoms. The van der Waals surface area contributed by atoms with E-state index in [1.807, 2.05) is 0 Å². The second kappa shape index (κ2) is 20.8. The monoisotopic (exact) mass is 734 g/mol. The van der Waals surface area contributed by atoms with Crippen molar-refractivity contribution in [1.29, 1.82) is 0 Å². The van der Waals surface area contributed by atoms with Gasteiger partial charge in [-0.25, -0.2) is 9.59 Å². The van der Waals surface area contributed by atoms with Crippen molar-refractivity contribution >= 4 is 119 Å². The van der Waals surface area contributed by atoms with Crippen molar-refractivity contribution in [3.8, 4) is 0 Å². The lowest BCUT2D eigenvalue weighted by molar-refractivity contribution is 0.0594. The number of unbranched alkanes of at least 4 members (excludes halogenated alkanes) is 1. The molecule has 2 aromatic heterocycles. The summed E-state index contributed by atoms with van der Waals surface area (Å²) in [5, 5.41) is 0. The number of carbonyl (C=O) groups is 2. The molecule has 0 saturated heterocycles. The van der Waals surface area contributed by atoms with Crippen LogP contribution in [0.3, 0.4) is 0 Å². The van der Waals surface area contributed by atoms with E-state index in [2.05, 4.69) is 13.8 Å². The van der Waals surface area contributed by atoms with Gasteiger partial charge in [0.25, 0.3) is 9.75 Å². The van der Waals surface area contributed by atoms with E-state index in [0.717, 1.165) is 54.0 Å². The highest BCUT2D eigenvalue weighted by atomic mass is 32.2. The molecule has 0 spiro atoms. The molecule has 0 N–H and O–H groups in total. The molecule has 0 amide bonds. The molecule has 0 saturated carbocycles. The number of hydrogen-bond acceptors (Lipinski definition) is 10. The highest BCUT2D eigenvalue weighted by Crippen LogP contribution is 2.43. The summed E-state index contributed by atoms with van der Waals surface area (Å²) in [6.07, 6.45) is 2.10. The van der Waals surface area contributed by atoms with Crippen molar-refractivity contribution in [1.82, 2.24) is 0 Å². The molecule has 0 aromatic carbocycles. The number of carbonyl (C=O) groups excluding carboxylic acids is 2. The van der Waals surface area contributed by atoms with Crippen molar-refractivity contribution in [2.75, 3.05) is 37.2 Å². The number of methoxy groups -OCH3 is 2. The standard InChI is InChI=1S/C18H24O4S8.2BF4/c1-5-23-17-27-11(13(19)21-3)15(29-17)25-9-7-8-10-26-16-12(14(20)22-4)28-18(30-16)24-6-2;2*2-1(3,4)5/h5-10H2,1-4H3;;/q+2;2*-1. The Morgan fingerprint density at radius 1 is 0.675 bits per heavy atom. The summed E-state index contributed by atoms with van der Waals surface area (Å²) >= 11 is 13.5. The number of thioether (sulfide) groups is 4.